The largest absolute Gasteiger partial charge is 0.481 e. The second kappa shape index (κ2) is 6.37. The number of nitrogens with zero attached hydrogens (tertiary/aromatic N) is 2. The zero-order valence-electron chi connectivity index (χ0n) is 12.5. The highest BCUT2D eigenvalue weighted by atomic mass is 16.4. The summed E-state index contributed by atoms with van der Waals surface area (Å²) in [6.45, 7) is 5.26. The van der Waals surface area contributed by atoms with Gasteiger partial charge in [0.15, 0.2) is 0 Å². The van der Waals surface area contributed by atoms with Crippen molar-refractivity contribution in [2.75, 3.05) is 27.2 Å². The molecule has 2 atom stereocenters. The molecule has 1 aliphatic rings. The molecule has 1 aromatic rings. The Bertz CT molecular complexity index is 473. The second-order valence-electron chi connectivity index (χ2n) is 6.04. The molecule has 4 heteroatoms. The topological polar surface area (TPSA) is 43.8 Å². The van der Waals surface area contributed by atoms with Gasteiger partial charge in [0.2, 0.25) is 0 Å². The Morgan fingerprint density at radius 2 is 1.95 bits per heavy atom. The molecule has 1 fully saturated rings. The molecule has 0 saturated carbocycles. The van der Waals surface area contributed by atoms with Crippen LogP contribution in [0.25, 0.3) is 0 Å². The van der Waals surface area contributed by atoms with E-state index < -0.39 is 5.97 Å². The second-order valence-corrected chi connectivity index (χ2v) is 6.04. The third-order valence-electron chi connectivity index (χ3n) is 4.17. The first-order valence-electron chi connectivity index (χ1n) is 7.14. The first-order valence-corrected chi connectivity index (χ1v) is 7.14. The van der Waals surface area contributed by atoms with Gasteiger partial charge in [0.05, 0.1) is 6.42 Å². The number of hydrogen-bond acceptors (Lipinski definition) is 3. The van der Waals surface area contributed by atoms with Crippen molar-refractivity contribution in [1.82, 2.24) is 9.80 Å². The fraction of sp³-hybridized carbons (Fsp3) is 0.562. The molecule has 2 rings (SSSR count). The van der Waals surface area contributed by atoms with Crippen molar-refractivity contribution in [1.29, 1.82) is 0 Å². The monoisotopic (exact) mass is 276 g/mol. The molecule has 0 aromatic heterocycles. The minimum Gasteiger partial charge on any atom is -0.481 e. The van der Waals surface area contributed by atoms with Crippen LogP contribution in [0.5, 0.6) is 0 Å². The molecule has 1 heterocycles. The van der Waals surface area contributed by atoms with Gasteiger partial charge < -0.3 is 10.0 Å². The van der Waals surface area contributed by atoms with Crippen LogP contribution in [0.1, 0.15) is 18.1 Å². The lowest BCUT2D eigenvalue weighted by Gasteiger charge is -2.23. The molecule has 0 amide bonds. The maximum Gasteiger partial charge on any atom is 0.307 e. The zero-order valence-corrected chi connectivity index (χ0v) is 12.5. The van der Waals surface area contributed by atoms with E-state index in [9.17, 15) is 4.79 Å². The van der Waals surface area contributed by atoms with E-state index in [-0.39, 0.29) is 6.42 Å². The standard InChI is InChI=1S/C16H24N2O2/c1-12-9-18(11-15(12)17(2)3)10-14-7-5-4-6-13(14)8-16(19)20/h4-7,12,15H,8-11H2,1-3H3,(H,19,20). The van der Waals surface area contributed by atoms with Gasteiger partial charge in [-0.15, -0.1) is 0 Å². The predicted molar refractivity (Wildman–Crippen MR) is 79.7 cm³/mol. The third kappa shape index (κ3) is 3.58. The normalized spacial score (nSPS) is 23.4. The van der Waals surface area contributed by atoms with Crippen molar-refractivity contribution >= 4 is 5.97 Å². The van der Waals surface area contributed by atoms with Crippen LogP contribution in [-0.2, 0) is 17.8 Å². The smallest absolute Gasteiger partial charge is 0.307 e. The van der Waals surface area contributed by atoms with Crippen molar-refractivity contribution in [3.63, 3.8) is 0 Å². The SMILES string of the molecule is CC1CN(Cc2ccccc2CC(=O)O)CC1N(C)C. The van der Waals surface area contributed by atoms with E-state index in [2.05, 4.69) is 30.8 Å². The average molecular weight is 276 g/mol. The van der Waals surface area contributed by atoms with E-state index in [0.29, 0.717) is 12.0 Å². The molecule has 1 aromatic carbocycles. The summed E-state index contributed by atoms with van der Waals surface area (Å²) in [5, 5.41) is 8.99. The van der Waals surface area contributed by atoms with Crippen LogP contribution in [0, 0.1) is 5.92 Å². The predicted octanol–water partition coefficient (Wildman–Crippen LogP) is 1.70. The molecule has 110 valence electrons. The molecular formula is C16H24N2O2. The van der Waals surface area contributed by atoms with Crippen LogP contribution < -0.4 is 0 Å². The van der Waals surface area contributed by atoms with Crippen molar-refractivity contribution in [3.05, 3.63) is 35.4 Å². The molecule has 0 radical (unpaired) electrons. The van der Waals surface area contributed by atoms with Crippen molar-refractivity contribution < 1.29 is 9.90 Å². The highest BCUT2D eigenvalue weighted by Gasteiger charge is 2.30. The molecule has 0 bridgehead atoms. The molecule has 1 N–H and O–H groups in total. The Hall–Kier alpha value is -1.39. The molecular weight excluding hydrogens is 252 g/mol. The Labute approximate surface area is 121 Å². The number of hydrogen-bond donors (Lipinski definition) is 1. The summed E-state index contributed by atoms with van der Waals surface area (Å²) in [7, 11) is 4.26. The molecule has 1 saturated heterocycles. The van der Waals surface area contributed by atoms with Gasteiger partial charge in [-0.2, -0.15) is 0 Å². The number of rotatable bonds is 5. The molecule has 4 nitrogen and oxygen atoms in total. The quantitative estimate of drug-likeness (QED) is 0.889. The fourth-order valence-electron chi connectivity index (χ4n) is 3.14. The van der Waals surface area contributed by atoms with Gasteiger partial charge in [-0.05, 0) is 31.1 Å². The van der Waals surface area contributed by atoms with Gasteiger partial charge in [-0.1, -0.05) is 31.2 Å². The Morgan fingerprint density at radius 3 is 2.50 bits per heavy atom. The highest BCUT2D eigenvalue weighted by Crippen LogP contribution is 2.23. The summed E-state index contributed by atoms with van der Waals surface area (Å²) in [4.78, 5) is 15.6. The number of carbonyl (C=O) groups is 1. The summed E-state index contributed by atoms with van der Waals surface area (Å²) in [5.74, 6) is -0.116. The van der Waals surface area contributed by atoms with Crippen LogP contribution in [0.2, 0.25) is 0 Å². The lowest BCUT2D eigenvalue weighted by Crippen LogP contribution is -2.34. The zero-order chi connectivity index (χ0) is 14.7. The van der Waals surface area contributed by atoms with Gasteiger partial charge in [-0.3, -0.25) is 9.69 Å². The lowest BCUT2D eigenvalue weighted by atomic mass is 10.0. The number of carboxylic acids is 1. The van der Waals surface area contributed by atoms with Crippen molar-refractivity contribution in [2.24, 2.45) is 5.92 Å². The summed E-state index contributed by atoms with van der Waals surface area (Å²) in [6.07, 6.45) is 0.108. The number of likely N-dealkylation sites (N-methyl/N-ethyl adjacent to an activating group) is 1. The maximum absolute atomic E-state index is 10.9. The van der Waals surface area contributed by atoms with E-state index >= 15 is 0 Å². The summed E-state index contributed by atoms with van der Waals surface area (Å²) in [5.41, 5.74) is 2.07. The highest BCUT2D eigenvalue weighted by molar-refractivity contribution is 5.70. The summed E-state index contributed by atoms with van der Waals surface area (Å²) >= 11 is 0. The summed E-state index contributed by atoms with van der Waals surface area (Å²) < 4.78 is 0. The van der Waals surface area contributed by atoms with Gasteiger partial charge >= 0.3 is 5.97 Å². The van der Waals surface area contributed by atoms with E-state index in [4.69, 9.17) is 5.11 Å². The van der Waals surface area contributed by atoms with Crippen LogP contribution in [0.3, 0.4) is 0 Å². The van der Waals surface area contributed by atoms with E-state index in [1.807, 2.05) is 24.3 Å². The molecule has 20 heavy (non-hydrogen) atoms. The Balaban J connectivity index is 2.06. The summed E-state index contributed by atoms with van der Waals surface area (Å²) in [6, 6.07) is 8.46. The van der Waals surface area contributed by atoms with E-state index in [1.165, 1.54) is 0 Å². The minimum absolute atomic E-state index is 0.108. The molecule has 1 aliphatic heterocycles. The first kappa shape index (κ1) is 15.0. The van der Waals surface area contributed by atoms with E-state index in [1.54, 1.807) is 0 Å². The minimum atomic E-state index is -0.765. The van der Waals surface area contributed by atoms with Gasteiger partial charge in [0, 0.05) is 25.7 Å². The van der Waals surface area contributed by atoms with Crippen LogP contribution in [0.4, 0.5) is 0 Å². The van der Waals surface area contributed by atoms with Crippen LogP contribution in [0.15, 0.2) is 24.3 Å². The fourth-order valence-corrected chi connectivity index (χ4v) is 3.14. The van der Waals surface area contributed by atoms with Crippen molar-refractivity contribution in [3.8, 4) is 0 Å². The number of aliphatic carboxylic acids is 1. The molecule has 2 unspecified atom stereocenters. The van der Waals surface area contributed by atoms with Crippen LogP contribution >= 0.6 is 0 Å². The Kier molecular flexibility index (Phi) is 4.78. The first-order chi connectivity index (χ1) is 9.47. The molecule has 0 spiro atoms. The lowest BCUT2D eigenvalue weighted by molar-refractivity contribution is -0.136. The van der Waals surface area contributed by atoms with Crippen LogP contribution in [-0.4, -0.2) is 54.1 Å². The van der Waals surface area contributed by atoms with Gasteiger partial charge in [0.25, 0.3) is 0 Å². The van der Waals surface area contributed by atoms with Crippen molar-refractivity contribution in [2.45, 2.75) is 25.9 Å². The average Bonchev–Trinajstić information content (AvgIpc) is 2.72. The number of carboxylic acid groups (broad SMARTS) is 1. The maximum atomic E-state index is 10.9. The Morgan fingerprint density at radius 1 is 1.30 bits per heavy atom. The number of likely N-dealkylation sites (tertiary alicyclic amines) is 1. The van der Waals surface area contributed by atoms with Gasteiger partial charge in [-0.25, -0.2) is 0 Å². The molecule has 0 aliphatic carbocycles. The number of benzene rings is 1. The third-order valence-corrected chi connectivity index (χ3v) is 4.17. The van der Waals surface area contributed by atoms with Gasteiger partial charge in [0.1, 0.15) is 0 Å². The van der Waals surface area contributed by atoms with E-state index in [0.717, 1.165) is 30.8 Å².